The Hall–Kier alpha value is -4.00. The molecular weight excluding hydrogens is 610 g/mol. The zero-order valence-electron chi connectivity index (χ0n) is 28.5. The summed E-state index contributed by atoms with van der Waals surface area (Å²) < 4.78 is 11.3. The van der Waals surface area contributed by atoms with Crippen LogP contribution in [0.2, 0.25) is 0 Å². The van der Waals surface area contributed by atoms with Gasteiger partial charge in [-0.15, -0.1) is 0 Å². The molecule has 0 spiro atoms. The standard InChI is InChI=1S/C36H49N7O5/c1-25-34(48-24-37-25)23-47-32-6-4-28-21-41(11-8-27(28)18-32)22-31(45)5-7-33(46)29-19-35(38-30-9-12-42(13-10-30)26(2)44)39-36(20-29)43-16-14-40(3)15-17-43/h4,6,18-20,24,30-31,45H,5,7-17,21-23H2,1-3H3,(H,38,39)/t31-/m0/s1. The minimum Gasteiger partial charge on any atom is -0.486 e. The van der Waals surface area contributed by atoms with E-state index < -0.39 is 6.10 Å². The Balaban J connectivity index is 1.03. The highest BCUT2D eigenvalue weighted by Crippen LogP contribution is 2.26. The highest BCUT2D eigenvalue weighted by Gasteiger charge is 2.24. The minimum absolute atomic E-state index is 0.0123. The smallest absolute Gasteiger partial charge is 0.219 e. The molecule has 5 heterocycles. The number of aliphatic hydroxyl groups is 1. The third-order valence-electron chi connectivity index (χ3n) is 9.91. The van der Waals surface area contributed by atoms with Crippen LogP contribution < -0.4 is 15.0 Å². The lowest BCUT2D eigenvalue weighted by molar-refractivity contribution is -0.129. The van der Waals surface area contributed by atoms with Crippen molar-refractivity contribution in [3.05, 3.63) is 64.9 Å². The Bertz CT molecular complexity index is 1560. The number of piperidine rings is 1. The number of oxazole rings is 1. The maximum Gasteiger partial charge on any atom is 0.219 e. The maximum absolute atomic E-state index is 13.6. The molecule has 48 heavy (non-hydrogen) atoms. The molecule has 0 bridgehead atoms. The van der Waals surface area contributed by atoms with Crippen LogP contribution in [-0.4, -0.2) is 113 Å². The van der Waals surface area contributed by atoms with E-state index in [1.54, 1.807) is 6.92 Å². The topological polar surface area (TPSA) is 128 Å². The number of nitrogens with zero attached hydrogens (tertiary/aromatic N) is 6. The predicted octanol–water partition coefficient (Wildman–Crippen LogP) is 3.51. The Morgan fingerprint density at radius 2 is 1.85 bits per heavy atom. The number of Topliss-reactive ketones (excluding diaryl/α,β-unsaturated/α-hetero) is 1. The second-order valence-corrected chi connectivity index (χ2v) is 13.5. The lowest BCUT2D eigenvalue weighted by Gasteiger charge is -2.34. The van der Waals surface area contributed by atoms with E-state index >= 15 is 0 Å². The summed E-state index contributed by atoms with van der Waals surface area (Å²) in [6.45, 7) is 11.0. The molecule has 1 amide bonds. The number of β-amino-alcohol motifs (C(OH)–C–C–N with tert-alkyl or cyclic N) is 1. The number of ketones is 1. The average molecular weight is 660 g/mol. The van der Waals surface area contributed by atoms with Gasteiger partial charge in [0.2, 0.25) is 5.91 Å². The number of fused-ring (bicyclic) bond motifs is 1. The van der Waals surface area contributed by atoms with E-state index in [4.69, 9.17) is 14.1 Å². The number of aryl methyl sites for hydroxylation is 1. The van der Waals surface area contributed by atoms with E-state index in [0.717, 1.165) is 94.6 Å². The van der Waals surface area contributed by atoms with E-state index in [1.165, 1.54) is 17.5 Å². The van der Waals surface area contributed by atoms with E-state index in [9.17, 15) is 14.7 Å². The van der Waals surface area contributed by atoms with Gasteiger partial charge in [0, 0.05) is 83.9 Å². The lowest BCUT2D eigenvalue weighted by Crippen LogP contribution is -2.45. The van der Waals surface area contributed by atoms with Gasteiger partial charge in [0.1, 0.15) is 24.0 Å². The van der Waals surface area contributed by atoms with E-state index in [1.807, 2.05) is 30.0 Å². The normalized spacial score (nSPS) is 18.4. The number of likely N-dealkylation sites (N-methyl/N-ethyl adjacent to an activating group) is 1. The number of hydrogen-bond donors (Lipinski definition) is 2. The monoisotopic (exact) mass is 659 g/mol. The Labute approximate surface area is 283 Å². The minimum atomic E-state index is -0.605. The predicted molar refractivity (Wildman–Crippen MR) is 183 cm³/mol. The highest BCUT2D eigenvalue weighted by molar-refractivity contribution is 5.97. The molecule has 6 rings (SSSR count). The first kappa shape index (κ1) is 33.9. The zero-order chi connectivity index (χ0) is 33.6. The van der Waals surface area contributed by atoms with Gasteiger partial charge in [-0.25, -0.2) is 9.97 Å². The molecule has 0 aliphatic carbocycles. The van der Waals surface area contributed by atoms with E-state index in [0.29, 0.717) is 31.0 Å². The summed E-state index contributed by atoms with van der Waals surface area (Å²) in [5.74, 6) is 3.17. The number of benzene rings is 1. The van der Waals surface area contributed by atoms with Crippen LogP contribution in [0.4, 0.5) is 11.6 Å². The van der Waals surface area contributed by atoms with Crippen LogP contribution in [0.3, 0.4) is 0 Å². The number of carbonyl (C=O) groups is 2. The summed E-state index contributed by atoms with van der Waals surface area (Å²) in [6, 6.07) is 10.1. The fourth-order valence-electron chi connectivity index (χ4n) is 6.77. The number of aromatic nitrogens is 2. The number of amides is 1. The van der Waals surface area contributed by atoms with Crippen molar-refractivity contribution < 1.29 is 23.8 Å². The van der Waals surface area contributed by atoms with Gasteiger partial charge in [0.15, 0.2) is 17.9 Å². The van der Waals surface area contributed by atoms with Gasteiger partial charge in [-0.3, -0.25) is 14.5 Å². The quantitative estimate of drug-likeness (QED) is 0.278. The van der Waals surface area contributed by atoms with E-state index in [-0.39, 0.29) is 24.2 Å². The number of ether oxygens (including phenoxy) is 1. The van der Waals surface area contributed by atoms with Crippen LogP contribution in [0.1, 0.15) is 65.5 Å². The van der Waals surface area contributed by atoms with Gasteiger partial charge < -0.3 is 34.3 Å². The third-order valence-corrected chi connectivity index (χ3v) is 9.91. The Kier molecular flexibility index (Phi) is 10.9. The van der Waals surface area contributed by atoms with Gasteiger partial charge in [-0.05, 0) is 75.0 Å². The number of carbonyl (C=O) groups excluding carboxylic acids is 2. The fourth-order valence-corrected chi connectivity index (χ4v) is 6.77. The molecule has 258 valence electrons. The van der Waals surface area contributed by atoms with E-state index in [2.05, 4.69) is 44.2 Å². The van der Waals surface area contributed by atoms with Crippen molar-refractivity contribution in [1.82, 2.24) is 24.7 Å². The number of pyridine rings is 1. The molecule has 0 radical (unpaired) electrons. The Morgan fingerprint density at radius 1 is 1.06 bits per heavy atom. The number of piperazine rings is 1. The summed E-state index contributed by atoms with van der Waals surface area (Å²) in [5.41, 5.74) is 3.94. The second kappa shape index (κ2) is 15.5. The molecule has 0 saturated carbocycles. The first-order valence-corrected chi connectivity index (χ1v) is 17.2. The van der Waals surface area contributed by atoms with Crippen molar-refractivity contribution in [2.75, 3.05) is 69.6 Å². The third kappa shape index (κ3) is 8.72. The van der Waals surface area contributed by atoms with Crippen LogP contribution >= 0.6 is 0 Å². The van der Waals surface area contributed by atoms with Crippen LogP contribution in [0.5, 0.6) is 5.75 Å². The zero-order valence-corrected chi connectivity index (χ0v) is 28.5. The van der Waals surface area contributed by atoms with Crippen LogP contribution in [-0.2, 0) is 24.4 Å². The molecule has 12 nitrogen and oxygen atoms in total. The van der Waals surface area contributed by atoms with Crippen LogP contribution in [0, 0.1) is 6.92 Å². The molecule has 2 aromatic heterocycles. The molecule has 2 N–H and O–H groups in total. The molecule has 3 aliphatic heterocycles. The van der Waals surface area contributed by atoms with Crippen molar-refractivity contribution in [3.63, 3.8) is 0 Å². The van der Waals surface area contributed by atoms with Crippen molar-refractivity contribution >= 4 is 23.3 Å². The number of hydrogen-bond acceptors (Lipinski definition) is 11. The average Bonchev–Trinajstić information content (AvgIpc) is 3.50. The second-order valence-electron chi connectivity index (χ2n) is 13.5. The first-order valence-electron chi connectivity index (χ1n) is 17.2. The van der Waals surface area contributed by atoms with Crippen LogP contribution in [0.25, 0.3) is 0 Å². The molecular formula is C36H49N7O5. The molecule has 2 fully saturated rings. The molecule has 2 saturated heterocycles. The molecule has 3 aliphatic rings. The maximum atomic E-state index is 13.6. The summed E-state index contributed by atoms with van der Waals surface area (Å²) in [7, 11) is 2.12. The van der Waals surface area contributed by atoms with Gasteiger partial charge in [0.25, 0.3) is 0 Å². The summed E-state index contributed by atoms with van der Waals surface area (Å²) in [4.78, 5) is 43.1. The van der Waals surface area contributed by atoms with Gasteiger partial charge in [-0.1, -0.05) is 6.07 Å². The summed E-state index contributed by atoms with van der Waals surface area (Å²) in [5, 5.41) is 14.6. The van der Waals surface area contributed by atoms with Crippen molar-refractivity contribution in [1.29, 1.82) is 0 Å². The first-order chi connectivity index (χ1) is 23.2. The molecule has 12 heteroatoms. The SMILES string of the molecule is CC(=O)N1CCC(Nc2cc(C(=O)CC[C@H](O)CN3CCc4cc(OCc5ocnc5C)ccc4C3)cc(N3CCN(C)CC3)n2)CC1. The highest BCUT2D eigenvalue weighted by atomic mass is 16.5. The summed E-state index contributed by atoms with van der Waals surface area (Å²) >= 11 is 0. The molecule has 1 aromatic carbocycles. The van der Waals surface area contributed by atoms with Gasteiger partial charge in [-0.2, -0.15) is 0 Å². The molecule has 1 atom stereocenters. The lowest BCUT2D eigenvalue weighted by atomic mass is 9.98. The number of rotatable bonds is 12. The number of nitrogens with one attached hydrogen (secondary N) is 1. The largest absolute Gasteiger partial charge is 0.486 e. The van der Waals surface area contributed by atoms with Crippen molar-refractivity contribution in [2.45, 2.75) is 71.2 Å². The number of aliphatic hydroxyl groups excluding tert-OH is 1. The Morgan fingerprint density at radius 3 is 2.58 bits per heavy atom. The van der Waals surface area contributed by atoms with Crippen molar-refractivity contribution in [2.24, 2.45) is 0 Å². The number of likely N-dealkylation sites (tertiary alicyclic amines) is 1. The fraction of sp³-hybridized carbons (Fsp3) is 0.556. The van der Waals surface area contributed by atoms with Gasteiger partial charge in [0.05, 0.1) is 11.8 Å². The van der Waals surface area contributed by atoms with Gasteiger partial charge >= 0.3 is 0 Å². The molecule has 0 unspecified atom stereocenters. The van der Waals surface area contributed by atoms with Crippen molar-refractivity contribution in [3.8, 4) is 5.75 Å². The molecule has 3 aromatic rings. The summed E-state index contributed by atoms with van der Waals surface area (Å²) in [6.07, 6.45) is 4.04. The number of anilines is 2. The van der Waals surface area contributed by atoms with Crippen LogP contribution in [0.15, 0.2) is 41.1 Å².